The van der Waals surface area contributed by atoms with Gasteiger partial charge in [0.05, 0.1) is 6.61 Å². The number of hydrogen-bond donors (Lipinski definition) is 1. The Morgan fingerprint density at radius 1 is 0.774 bits per heavy atom. The maximum Gasteiger partial charge on any atom is 0.473 e. The third-order valence-electron chi connectivity index (χ3n) is 3.59. The van der Waals surface area contributed by atoms with E-state index in [0.29, 0.717) is 19.4 Å². The molecule has 0 heterocycles. The number of carboxylic acid groups (broad SMARTS) is 1. The third-order valence-corrected chi connectivity index (χ3v) is 15.9. The van der Waals surface area contributed by atoms with Crippen molar-refractivity contribution in [2.24, 2.45) is 0 Å². The van der Waals surface area contributed by atoms with Gasteiger partial charge in [0.15, 0.2) is 25.0 Å². The Labute approximate surface area is 192 Å². The number of methoxy groups -OCH3 is 1. The minimum Gasteiger partial charge on any atom is -0.478 e. The number of hydrogen-bond acceptors (Lipinski definition) is 7. The van der Waals surface area contributed by atoms with Gasteiger partial charge < -0.3 is 26.9 Å². The molecule has 182 valence electrons. The Balaban J connectivity index is 5.94. The molecule has 0 amide bonds. The first-order valence-electron chi connectivity index (χ1n) is 10.6. The standard InChI is InChI=1S/C19H42O8Si4/c1-23-15-13-17(14-16-24-19(22)12-11-18(20)21)31(25-28(2,3)4,26-29(5,6)7)27-30(8,9)10/h11-12,17H,13-16H2,1-10H3,(H,20,21)/b12-11+. The minimum absolute atomic E-state index is 0.103. The van der Waals surface area contributed by atoms with E-state index in [1.54, 1.807) is 7.11 Å². The molecule has 0 aromatic rings. The molecule has 0 fully saturated rings. The highest BCUT2D eigenvalue weighted by Crippen LogP contribution is 2.38. The number of carboxylic acids is 1. The van der Waals surface area contributed by atoms with Gasteiger partial charge in [-0.1, -0.05) is 0 Å². The van der Waals surface area contributed by atoms with Crippen molar-refractivity contribution in [1.29, 1.82) is 0 Å². The van der Waals surface area contributed by atoms with Gasteiger partial charge in [-0.15, -0.1) is 0 Å². The SMILES string of the molecule is COCCC(CCOC(=O)/C=C/C(=O)O)[Si](O[Si](C)(C)C)(O[Si](C)(C)C)O[Si](C)(C)C. The number of esters is 1. The lowest BCUT2D eigenvalue weighted by Crippen LogP contribution is -2.63. The topological polar surface area (TPSA) is 101 Å². The molecular weight excluding hydrogens is 469 g/mol. The molecule has 12 heteroatoms. The highest BCUT2D eigenvalue weighted by atomic mass is 28.5. The Hall–Kier alpha value is -0.612. The van der Waals surface area contributed by atoms with Crippen LogP contribution in [0, 0.1) is 0 Å². The highest BCUT2D eigenvalue weighted by Gasteiger charge is 2.55. The van der Waals surface area contributed by atoms with E-state index in [-0.39, 0.29) is 12.1 Å². The van der Waals surface area contributed by atoms with E-state index >= 15 is 0 Å². The highest BCUT2D eigenvalue weighted by molar-refractivity contribution is 6.90. The molecule has 0 rings (SSSR count). The summed E-state index contributed by atoms with van der Waals surface area (Å²) in [6.07, 6.45) is 2.82. The van der Waals surface area contributed by atoms with E-state index in [1.165, 1.54) is 0 Å². The van der Waals surface area contributed by atoms with Crippen molar-refractivity contribution in [3.63, 3.8) is 0 Å². The largest absolute Gasteiger partial charge is 0.478 e. The maximum absolute atomic E-state index is 11.8. The normalized spacial score (nSPS) is 14.6. The van der Waals surface area contributed by atoms with E-state index in [4.69, 9.17) is 26.9 Å². The van der Waals surface area contributed by atoms with Crippen LogP contribution in [0.15, 0.2) is 12.2 Å². The first-order valence-corrected chi connectivity index (χ1v) is 22.6. The lowest BCUT2D eigenvalue weighted by molar-refractivity contribution is -0.139. The van der Waals surface area contributed by atoms with E-state index in [9.17, 15) is 9.59 Å². The van der Waals surface area contributed by atoms with Crippen LogP contribution in [-0.4, -0.2) is 71.1 Å². The fourth-order valence-corrected chi connectivity index (χ4v) is 17.7. The molecule has 0 radical (unpaired) electrons. The van der Waals surface area contributed by atoms with Crippen LogP contribution >= 0.6 is 0 Å². The van der Waals surface area contributed by atoms with Crippen LogP contribution in [0.4, 0.5) is 0 Å². The van der Waals surface area contributed by atoms with E-state index in [2.05, 4.69) is 58.9 Å². The average Bonchev–Trinajstić information content (AvgIpc) is 2.50. The summed E-state index contributed by atoms with van der Waals surface area (Å²) < 4.78 is 31.0. The molecule has 0 spiro atoms. The summed E-state index contributed by atoms with van der Waals surface area (Å²) in [5.41, 5.74) is -0.103. The summed E-state index contributed by atoms with van der Waals surface area (Å²) in [4.78, 5) is 22.4. The molecule has 0 aliphatic carbocycles. The Morgan fingerprint density at radius 3 is 1.55 bits per heavy atom. The summed E-state index contributed by atoms with van der Waals surface area (Å²) in [5, 5.41) is 8.66. The molecule has 0 saturated carbocycles. The summed E-state index contributed by atoms with van der Waals surface area (Å²) >= 11 is 0. The van der Waals surface area contributed by atoms with Crippen LogP contribution in [0.2, 0.25) is 64.5 Å². The van der Waals surface area contributed by atoms with Crippen molar-refractivity contribution < 1.29 is 36.5 Å². The number of carbonyl (C=O) groups excluding carboxylic acids is 1. The van der Waals surface area contributed by atoms with Gasteiger partial charge in [0.25, 0.3) is 0 Å². The second-order valence-electron chi connectivity index (χ2n) is 10.4. The Kier molecular flexibility index (Phi) is 12.3. The Morgan fingerprint density at radius 2 is 1.19 bits per heavy atom. The molecule has 1 unspecified atom stereocenters. The van der Waals surface area contributed by atoms with Crippen LogP contribution in [0.1, 0.15) is 12.8 Å². The van der Waals surface area contributed by atoms with Crippen LogP contribution in [0.25, 0.3) is 0 Å². The molecule has 1 N–H and O–H groups in total. The number of aliphatic carboxylic acids is 1. The van der Waals surface area contributed by atoms with Gasteiger partial charge in [0.2, 0.25) is 0 Å². The van der Waals surface area contributed by atoms with E-state index < -0.39 is 45.7 Å². The molecule has 31 heavy (non-hydrogen) atoms. The van der Waals surface area contributed by atoms with Crippen molar-refractivity contribution in [3.05, 3.63) is 12.2 Å². The fourth-order valence-electron chi connectivity index (χ4n) is 2.84. The van der Waals surface area contributed by atoms with Gasteiger partial charge in [-0.25, -0.2) is 9.59 Å². The second-order valence-corrected chi connectivity index (χ2v) is 27.5. The summed E-state index contributed by atoms with van der Waals surface area (Å²) in [7, 11) is -7.68. The number of ether oxygens (including phenoxy) is 2. The van der Waals surface area contributed by atoms with Crippen molar-refractivity contribution in [3.8, 4) is 0 Å². The van der Waals surface area contributed by atoms with E-state index in [1.807, 2.05) is 0 Å². The summed E-state index contributed by atoms with van der Waals surface area (Å²) in [6, 6.07) is 0. The molecule has 0 aromatic carbocycles. The molecular formula is C19H42O8Si4. The molecule has 8 nitrogen and oxygen atoms in total. The monoisotopic (exact) mass is 510 g/mol. The average molecular weight is 511 g/mol. The quantitative estimate of drug-likeness (QED) is 0.196. The van der Waals surface area contributed by atoms with Crippen LogP contribution in [0.5, 0.6) is 0 Å². The van der Waals surface area contributed by atoms with E-state index in [0.717, 1.165) is 12.2 Å². The van der Waals surface area contributed by atoms with Gasteiger partial charge in [0.1, 0.15) is 0 Å². The smallest absolute Gasteiger partial charge is 0.473 e. The first-order chi connectivity index (χ1) is 13.9. The van der Waals surface area contributed by atoms with Gasteiger partial charge in [-0.05, 0) is 71.8 Å². The summed E-state index contributed by atoms with van der Waals surface area (Å²) in [5.74, 6) is -1.89. The number of carbonyl (C=O) groups is 2. The Bertz CT molecular complexity index is 565. The second kappa shape index (κ2) is 12.6. The van der Waals surface area contributed by atoms with Crippen molar-refractivity contribution in [1.82, 2.24) is 0 Å². The van der Waals surface area contributed by atoms with Gasteiger partial charge in [0, 0.05) is 31.4 Å². The lowest BCUT2D eigenvalue weighted by atomic mass is 10.2. The molecule has 0 aliphatic rings. The van der Waals surface area contributed by atoms with Crippen LogP contribution in [0.3, 0.4) is 0 Å². The van der Waals surface area contributed by atoms with Crippen molar-refractivity contribution in [2.45, 2.75) is 77.3 Å². The third kappa shape index (κ3) is 15.0. The molecule has 0 saturated heterocycles. The predicted molar refractivity (Wildman–Crippen MR) is 132 cm³/mol. The van der Waals surface area contributed by atoms with Gasteiger partial charge >= 0.3 is 20.7 Å². The zero-order valence-corrected chi connectivity index (χ0v) is 24.9. The fraction of sp³-hybridized carbons (Fsp3) is 0.789. The molecule has 0 aromatic heterocycles. The predicted octanol–water partition coefficient (Wildman–Crippen LogP) is 4.46. The number of rotatable bonds is 15. The van der Waals surface area contributed by atoms with Gasteiger partial charge in [-0.3, -0.25) is 0 Å². The molecule has 0 bridgehead atoms. The van der Waals surface area contributed by atoms with Gasteiger partial charge in [-0.2, -0.15) is 0 Å². The van der Waals surface area contributed by atoms with Crippen LogP contribution < -0.4 is 0 Å². The van der Waals surface area contributed by atoms with Crippen LogP contribution in [-0.2, 0) is 31.4 Å². The zero-order valence-electron chi connectivity index (χ0n) is 20.9. The maximum atomic E-state index is 11.8. The van der Waals surface area contributed by atoms with Crippen molar-refractivity contribution >= 4 is 45.7 Å². The lowest BCUT2D eigenvalue weighted by Gasteiger charge is -2.46. The molecule has 0 aliphatic heterocycles. The zero-order chi connectivity index (χ0) is 24.5. The molecule has 1 atom stereocenters. The summed E-state index contributed by atoms with van der Waals surface area (Å²) in [6.45, 7) is 19.7. The minimum atomic E-state index is -3.18. The first kappa shape index (κ1) is 30.4. The van der Waals surface area contributed by atoms with Crippen molar-refractivity contribution in [2.75, 3.05) is 20.3 Å².